The van der Waals surface area contributed by atoms with Crippen molar-refractivity contribution in [2.45, 2.75) is 13.3 Å². The van der Waals surface area contributed by atoms with Crippen molar-refractivity contribution in [3.63, 3.8) is 0 Å². The Morgan fingerprint density at radius 1 is 1.80 bits per heavy atom. The predicted molar refractivity (Wildman–Crippen MR) is 54.6 cm³/mol. The number of carbonyl (C=O) groups excluding carboxylic acids is 1. The Balaban J connectivity index is 1.84. The Bertz CT molecular complexity index is 342. The van der Waals surface area contributed by atoms with E-state index in [1.165, 1.54) is 0 Å². The van der Waals surface area contributed by atoms with Crippen molar-refractivity contribution < 1.29 is 9.53 Å². The van der Waals surface area contributed by atoms with E-state index in [0.717, 1.165) is 25.3 Å². The molecule has 0 aromatic carbocycles. The van der Waals surface area contributed by atoms with Gasteiger partial charge in [0.1, 0.15) is 0 Å². The number of hydrogen-bond donors (Lipinski definition) is 2. The number of aromatic amines is 1. The molecule has 82 valence electrons. The van der Waals surface area contributed by atoms with Gasteiger partial charge < -0.3 is 10.1 Å². The maximum Gasteiger partial charge on any atom is 0.254 e. The number of aryl methyl sites for hydroxylation is 1. The van der Waals surface area contributed by atoms with Crippen molar-refractivity contribution in [3.05, 3.63) is 17.5 Å². The molecule has 2 N–H and O–H groups in total. The highest BCUT2D eigenvalue weighted by Crippen LogP contribution is 2.11. The normalized spacial score (nSPS) is 20.5. The average molecular weight is 209 g/mol. The molecule has 0 radical (unpaired) electrons. The first-order chi connectivity index (χ1) is 7.27. The summed E-state index contributed by atoms with van der Waals surface area (Å²) in [5.41, 5.74) is 1.42. The number of carbonyl (C=O) groups is 1. The Morgan fingerprint density at radius 3 is 3.27 bits per heavy atom. The maximum absolute atomic E-state index is 11.7. The first-order valence-corrected chi connectivity index (χ1v) is 5.13. The third kappa shape index (κ3) is 2.36. The summed E-state index contributed by atoms with van der Waals surface area (Å²) in [6, 6.07) is 0. The molecule has 1 aliphatic heterocycles. The number of aromatic nitrogens is 2. The van der Waals surface area contributed by atoms with Gasteiger partial charge in [0.05, 0.1) is 18.4 Å². The largest absolute Gasteiger partial charge is 0.381 e. The molecule has 0 bridgehead atoms. The molecule has 15 heavy (non-hydrogen) atoms. The second kappa shape index (κ2) is 4.44. The van der Waals surface area contributed by atoms with Gasteiger partial charge in [-0.1, -0.05) is 0 Å². The van der Waals surface area contributed by atoms with Gasteiger partial charge in [-0.3, -0.25) is 9.89 Å². The van der Waals surface area contributed by atoms with E-state index in [9.17, 15) is 4.79 Å². The summed E-state index contributed by atoms with van der Waals surface area (Å²) in [6.45, 7) is 4.08. The lowest BCUT2D eigenvalue weighted by molar-refractivity contribution is 0.0944. The molecule has 2 heterocycles. The van der Waals surface area contributed by atoms with E-state index in [2.05, 4.69) is 15.5 Å². The lowest BCUT2D eigenvalue weighted by Crippen LogP contribution is -2.29. The fourth-order valence-electron chi connectivity index (χ4n) is 1.66. The highest BCUT2D eigenvalue weighted by Gasteiger charge is 2.17. The van der Waals surface area contributed by atoms with Gasteiger partial charge >= 0.3 is 0 Å². The van der Waals surface area contributed by atoms with E-state index in [1.54, 1.807) is 6.20 Å². The van der Waals surface area contributed by atoms with Gasteiger partial charge in [0, 0.05) is 24.8 Å². The topological polar surface area (TPSA) is 67.0 Å². The summed E-state index contributed by atoms with van der Waals surface area (Å²) in [4.78, 5) is 11.7. The van der Waals surface area contributed by atoms with Crippen LogP contribution in [-0.2, 0) is 4.74 Å². The van der Waals surface area contributed by atoms with E-state index in [1.807, 2.05) is 6.92 Å². The molecule has 1 aromatic heterocycles. The number of rotatable bonds is 3. The molecule has 0 aliphatic carbocycles. The summed E-state index contributed by atoms with van der Waals surface area (Å²) in [6.07, 6.45) is 2.58. The van der Waals surface area contributed by atoms with Crippen LogP contribution in [0.3, 0.4) is 0 Å². The second-order valence-electron chi connectivity index (χ2n) is 3.85. The smallest absolute Gasteiger partial charge is 0.254 e. The van der Waals surface area contributed by atoms with Gasteiger partial charge in [-0.25, -0.2) is 0 Å². The molecule has 1 aliphatic rings. The first kappa shape index (κ1) is 10.2. The lowest BCUT2D eigenvalue weighted by atomic mass is 10.1. The number of H-pyrrole nitrogens is 1. The van der Waals surface area contributed by atoms with Crippen molar-refractivity contribution in [1.29, 1.82) is 0 Å². The Hall–Kier alpha value is -1.36. The molecule has 1 amide bonds. The molecule has 0 saturated carbocycles. The Labute approximate surface area is 88.2 Å². The monoisotopic (exact) mass is 209 g/mol. The second-order valence-corrected chi connectivity index (χ2v) is 3.85. The highest BCUT2D eigenvalue weighted by molar-refractivity contribution is 5.94. The minimum absolute atomic E-state index is 0.0619. The van der Waals surface area contributed by atoms with Crippen LogP contribution < -0.4 is 5.32 Å². The molecule has 1 fully saturated rings. The molecule has 5 nitrogen and oxygen atoms in total. The SMILES string of the molecule is Cc1[nH]ncc1C(=O)NCC1CCOC1. The zero-order chi connectivity index (χ0) is 10.7. The van der Waals surface area contributed by atoms with Gasteiger partial charge in [-0.15, -0.1) is 0 Å². The quantitative estimate of drug-likeness (QED) is 0.761. The van der Waals surface area contributed by atoms with E-state index >= 15 is 0 Å². The van der Waals surface area contributed by atoms with E-state index in [4.69, 9.17) is 4.74 Å². The van der Waals surface area contributed by atoms with Crippen molar-refractivity contribution >= 4 is 5.91 Å². The van der Waals surface area contributed by atoms with Crippen molar-refractivity contribution in [3.8, 4) is 0 Å². The third-order valence-corrected chi connectivity index (χ3v) is 2.65. The first-order valence-electron chi connectivity index (χ1n) is 5.13. The van der Waals surface area contributed by atoms with Crippen LogP contribution in [0, 0.1) is 12.8 Å². The van der Waals surface area contributed by atoms with Gasteiger partial charge in [-0.05, 0) is 13.3 Å². The summed E-state index contributed by atoms with van der Waals surface area (Å²) in [7, 11) is 0. The number of nitrogens with zero attached hydrogens (tertiary/aromatic N) is 1. The minimum Gasteiger partial charge on any atom is -0.381 e. The van der Waals surface area contributed by atoms with Crippen LogP contribution in [0.4, 0.5) is 0 Å². The molecule has 1 unspecified atom stereocenters. The van der Waals surface area contributed by atoms with Crippen LogP contribution in [-0.4, -0.2) is 35.9 Å². The van der Waals surface area contributed by atoms with Crippen LogP contribution in [0.2, 0.25) is 0 Å². The predicted octanol–water partition coefficient (Wildman–Crippen LogP) is 0.484. The maximum atomic E-state index is 11.7. The number of ether oxygens (including phenoxy) is 1. The summed E-state index contributed by atoms with van der Waals surface area (Å²) in [5.74, 6) is 0.398. The van der Waals surface area contributed by atoms with Gasteiger partial charge in [0.25, 0.3) is 5.91 Å². The van der Waals surface area contributed by atoms with Crippen LogP contribution in [0.25, 0.3) is 0 Å². The molecular formula is C10H15N3O2. The summed E-state index contributed by atoms with van der Waals surface area (Å²) < 4.78 is 5.23. The minimum atomic E-state index is -0.0619. The molecule has 2 rings (SSSR count). The van der Waals surface area contributed by atoms with Gasteiger partial charge in [-0.2, -0.15) is 5.10 Å². The number of amides is 1. The number of hydrogen-bond acceptors (Lipinski definition) is 3. The van der Waals surface area contributed by atoms with Crippen LogP contribution >= 0.6 is 0 Å². The van der Waals surface area contributed by atoms with Crippen molar-refractivity contribution in [2.75, 3.05) is 19.8 Å². The molecular weight excluding hydrogens is 194 g/mol. The zero-order valence-electron chi connectivity index (χ0n) is 8.75. The van der Waals surface area contributed by atoms with Gasteiger partial charge in [0.15, 0.2) is 0 Å². The average Bonchev–Trinajstić information content (AvgIpc) is 2.84. The fourth-order valence-corrected chi connectivity index (χ4v) is 1.66. The Morgan fingerprint density at radius 2 is 2.67 bits per heavy atom. The van der Waals surface area contributed by atoms with Crippen LogP contribution in [0.5, 0.6) is 0 Å². The van der Waals surface area contributed by atoms with E-state index in [0.29, 0.717) is 18.0 Å². The molecule has 0 spiro atoms. The van der Waals surface area contributed by atoms with Crippen molar-refractivity contribution in [1.82, 2.24) is 15.5 Å². The van der Waals surface area contributed by atoms with E-state index in [-0.39, 0.29) is 5.91 Å². The number of nitrogens with one attached hydrogen (secondary N) is 2. The van der Waals surface area contributed by atoms with E-state index < -0.39 is 0 Å². The Kier molecular flexibility index (Phi) is 3.01. The van der Waals surface area contributed by atoms with Crippen molar-refractivity contribution in [2.24, 2.45) is 5.92 Å². The molecule has 1 atom stereocenters. The van der Waals surface area contributed by atoms with Gasteiger partial charge in [0.2, 0.25) is 0 Å². The van der Waals surface area contributed by atoms with Crippen LogP contribution in [0.1, 0.15) is 22.5 Å². The highest BCUT2D eigenvalue weighted by atomic mass is 16.5. The standard InChI is InChI=1S/C10H15N3O2/c1-7-9(5-12-13-7)10(14)11-4-8-2-3-15-6-8/h5,8H,2-4,6H2,1H3,(H,11,14)(H,12,13). The molecule has 5 heteroatoms. The summed E-state index contributed by atoms with van der Waals surface area (Å²) in [5, 5.41) is 9.44. The lowest BCUT2D eigenvalue weighted by Gasteiger charge is -2.08. The molecule has 1 saturated heterocycles. The fraction of sp³-hybridized carbons (Fsp3) is 0.600. The summed E-state index contributed by atoms with van der Waals surface area (Å²) >= 11 is 0. The molecule has 1 aromatic rings. The zero-order valence-corrected chi connectivity index (χ0v) is 8.75. The third-order valence-electron chi connectivity index (χ3n) is 2.65. The van der Waals surface area contributed by atoms with Crippen LogP contribution in [0.15, 0.2) is 6.20 Å².